The van der Waals surface area contributed by atoms with Crippen molar-refractivity contribution in [1.29, 1.82) is 0 Å². The molecule has 1 rings (SSSR count). The third-order valence-electron chi connectivity index (χ3n) is 4.81. The summed E-state index contributed by atoms with van der Waals surface area (Å²) in [5, 5.41) is 0. The molecule has 0 radical (unpaired) electrons. The van der Waals surface area contributed by atoms with Gasteiger partial charge >= 0.3 is 5.97 Å². The SMILES string of the molecule is COC(=O)[C@@H](C)N(C)C(=O)[C@@H]1C[C@H](C)CC[C@H]1C(C)C. The van der Waals surface area contributed by atoms with Crippen molar-refractivity contribution < 1.29 is 14.3 Å². The zero-order chi connectivity index (χ0) is 15.4. The van der Waals surface area contributed by atoms with Crippen LogP contribution in [0.2, 0.25) is 0 Å². The van der Waals surface area contributed by atoms with Crippen LogP contribution in [-0.4, -0.2) is 37.0 Å². The maximum absolute atomic E-state index is 12.7. The first-order valence-electron chi connectivity index (χ1n) is 7.64. The number of methoxy groups -OCH3 is 1. The molecule has 116 valence electrons. The molecule has 20 heavy (non-hydrogen) atoms. The van der Waals surface area contributed by atoms with Crippen molar-refractivity contribution >= 4 is 11.9 Å². The molecule has 4 atom stereocenters. The van der Waals surface area contributed by atoms with Crippen LogP contribution in [0.1, 0.15) is 47.0 Å². The van der Waals surface area contributed by atoms with Crippen molar-refractivity contribution in [1.82, 2.24) is 4.90 Å². The van der Waals surface area contributed by atoms with Crippen molar-refractivity contribution in [2.24, 2.45) is 23.7 Å². The Balaban J connectivity index is 2.83. The average molecular weight is 283 g/mol. The third kappa shape index (κ3) is 3.74. The fraction of sp³-hybridized carbons (Fsp3) is 0.875. The quantitative estimate of drug-likeness (QED) is 0.745. The molecule has 1 aliphatic rings. The van der Waals surface area contributed by atoms with E-state index in [9.17, 15) is 9.59 Å². The van der Waals surface area contributed by atoms with Gasteiger partial charge in [0.25, 0.3) is 0 Å². The number of likely N-dealkylation sites (N-methyl/N-ethyl adjacent to an activating group) is 1. The Bertz CT molecular complexity index is 354. The van der Waals surface area contributed by atoms with Crippen LogP contribution in [0.25, 0.3) is 0 Å². The number of rotatable bonds is 4. The summed E-state index contributed by atoms with van der Waals surface area (Å²) in [4.78, 5) is 25.9. The fourth-order valence-corrected chi connectivity index (χ4v) is 3.27. The normalized spacial score (nSPS) is 28.1. The van der Waals surface area contributed by atoms with Crippen molar-refractivity contribution in [2.75, 3.05) is 14.2 Å². The molecule has 1 aliphatic carbocycles. The van der Waals surface area contributed by atoms with Gasteiger partial charge in [-0.2, -0.15) is 0 Å². The minimum atomic E-state index is -0.516. The molecular formula is C16H29NO3. The van der Waals surface area contributed by atoms with Gasteiger partial charge in [-0.25, -0.2) is 4.79 Å². The number of carbonyl (C=O) groups is 2. The number of ether oxygens (including phenoxy) is 1. The summed E-state index contributed by atoms with van der Waals surface area (Å²) in [6, 6.07) is -0.516. The Morgan fingerprint density at radius 2 is 1.80 bits per heavy atom. The van der Waals surface area contributed by atoms with Crippen LogP contribution < -0.4 is 0 Å². The highest BCUT2D eigenvalue weighted by Crippen LogP contribution is 2.39. The van der Waals surface area contributed by atoms with Gasteiger partial charge in [0.05, 0.1) is 7.11 Å². The summed E-state index contributed by atoms with van der Waals surface area (Å²) < 4.78 is 4.73. The highest BCUT2D eigenvalue weighted by atomic mass is 16.5. The van der Waals surface area contributed by atoms with Gasteiger partial charge in [-0.3, -0.25) is 4.79 Å². The summed E-state index contributed by atoms with van der Waals surface area (Å²) in [5.74, 6) is 1.28. The fourth-order valence-electron chi connectivity index (χ4n) is 3.27. The lowest BCUT2D eigenvalue weighted by Gasteiger charge is -2.39. The average Bonchev–Trinajstić information content (AvgIpc) is 2.43. The van der Waals surface area contributed by atoms with Crippen LogP contribution in [0.3, 0.4) is 0 Å². The van der Waals surface area contributed by atoms with Crippen molar-refractivity contribution in [3.05, 3.63) is 0 Å². The summed E-state index contributed by atoms with van der Waals surface area (Å²) >= 11 is 0. The highest BCUT2D eigenvalue weighted by Gasteiger charge is 2.38. The number of esters is 1. The Morgan fingerprint density at radius 3 is 2.30 bits per heavy atom. The Kier molecular flexibility index (Phi) is 6.03. The second kappa shape index (κ2) is 7.09. The molecule has 0 unspecified atom stereocenters. The van der Waals surface area contributed by atoms with E-state index in [4.69, 9.17) is 4.74 Å². The van der Waals surface area contributed by atoms with Crippen molar-refractivity contribution in [2.45, 2.75) is 53.0 Å². The van der Waals surface area contributed by atoms with Crippen LogP contribution in [-0.2, 0) is 14.3 Å². The highest BCUT2D eigenvalue weighted by molar-refractivity contribution is 5.85. The molecule has 0 aliphatic heterocycles. The zero-order valence-corrected chi connectivity index (χ0v) is 13.7. The summed E-state index contributed by atoms with van der Waals surface area (Å²) in [7, 11) is 3.07. The van der Waals surface area contributed by atoms with Gasteiger partial charge in [0, 0.05) is 13.0 Å². The molecule has 0 heterocycles. The van der Waals surface area contributed by atoms with Gasteiger partial charge in [-0.05, 0) is 37.5 Å². The maximum Gasteiger partial charge on any atom is 0.328 e. The lowest BCUT2D eigenvalue weighted by molar-refractivity contribution is -0.154. The topological polar surface area (TPSA) is 46.6 Å². The van der Waals surface area contributed by atoms with Crippen molar-refractivity contribution in [3.8, 4) is 0 Å². The maximum atomic E-state index is 12.7. The second-order valence-electron chi connectivity index (χ2n) is 6.58. The first kappa shape index (κ1) is 17.0. The lowest BCUT2D eigenvalue weighted by atomic mass is 9.69. The molecule has 0 spiro atoms. The number of hydrogen-bond acceptors (Lipinski definition) is 3. The summed E-state index contributed by atoms with van der Waals surface area (Å²) in [6.07, 6.45) is 3.23. The summed E-state index contributed by atoms with van der Waals surface area (Å²) in [6.45, 7) is 8.30. The van der Waals surface area contributed by atoms with E-state index in [1.807, 2.05) is 0 Å². The molecule has 4 heteroatoms. The van der Waals surface area contributed by atoms with Crippen LogP contribution in [0.15, 0.2) is 0 Å². The monoisotopic (exact) mass is 283 g/mol. The number of nitrogens with zero attached hydrogens (tertiary/aromatic N) is 1. The molecule has 0 saturated heterocycles. The Labute approximate surface area is 122 Å². The molecule has 0 bridgehead atoms. The standard InChI is InChI=1S/C16H29NO3/c1-10(2)13-8-7-11(3)9-14(13)15(18)17(5)12(4)16(19)20-6/h10-14H,7-9H2,1-6H3/t11-,12-,13+,14-/m1/s1. The van der Waals surface area contributed by atoms with Gasteiger partial charge in [-0.15, -0.1) is 0 Å². The van der Waals surface area contributed by atoms with E-state index in [1.165, 1.54) is 13.5 Å². The lowest BCUT2D eigenvalue weighted by Crippen LogP contribution is -2.47. The molecule has 1 amide bonds. The number of carbonyl (C=O) groups excluding carboxylic acids is 2. The first-order valence-corrected chi connectivity index (χ1v) is 7.64. The minimum absolute atomic E-state index is 0.0378. The van der Waals surface area contributed by atoms with E-state index in [0.29, 0.717) is 17.8 Å². The van der Waals surface area contributed by atoms with E-state index < -0.39 is 6.04 Å². The first-order chi connectivity index (χ1) is 9.29. The molecule has 1 saturated carbocycles. The van der Waals surface area contributed by atoms with Gasteiger partial charge in [-0.1, -0.05) is 27.2 Å². The molecule has 0 aromatic heterocycles. The molecule has 0 aromatic rings. The van der Waals surface area contributed by atoms with E-state index in [2.05, 4.69) is 20.8 Å². The predicted octanol–water partition coefficient (Wildman–Crippen LogP) is 2.71. The smallest absolute Gasteiger partial charge is 0.328 e. The third-order valence-corrected chi connectivity index (χ3v) is 4.81. The molecule has 0 aromatic carbocycles. The van der Waals surface area contributed by atoms with Gasteiger partial charge in [0.2, 0.25) is 5.91 Å². The summed E-state index contributed by atoms with van der Waals surface area (Å²) in [5.41, 5.74) is 0. The van der Waals surface area contributed by atoms with Gasteiger partial charge < -0.3 is 9.64 Å². The van der Waals surface area contributed by atoms with Crippen LogP contribution in [0.5, 0.6) is 0 Å². The minimum Gasteiger partial charge on any atom is -0.467 e. The van der Waals surface area contributed by atoms with E-state index in [1.54, 1.807) is 18.9 Å². The molecule has 0 N–H and O–H groups in total. The zero-order valence-electron chi connectivity index (χ0n) is 13.7. The molecular weight excluding hydrogens is 254 g/mol. The van der Waals surface area contributed by atoms with E-state index in [0.717, 1.165) is 12.8 Å². The Hall–Kier alpha value is -1.06. The number of amides is 1. The van der Waals surface area contributed by atoms with Crippen LogP contribution >= 0.6 is 0 Å². The van der Waals surface area contributed by atoms with Gasteiger partial charge in [0.15, 0.2) is 0 Å². The van der Waals surface area contributed by atoms with Gasteiger partial charge in [0.1, 0.15) is 6.04 Å². The molecule has 1 fully saturated rings. The van der Waals surface area contributed by atoms with Crippen molar-refractivity contribution in [3.63, 3.8) is 0 Å². The van der Waals surface area contributed by atoms with Crippen LogP contribution in [0, 0.1) is 23.7 Å². The Morgan fingerprint density at radius 1 is 1.20 bits per heavy atom. The van der Waals surface area contributed by atoms with Crippen LogP contribution in [0.4, 0.5) is 0 Å². The van der Waals surface area contributed by atoms with E-state index in [-0.39, 0.29) is 17.8 Å². The largest absolute Gasteiger partial charge is 0.467 e. The number of hydrogen-bond donors (Lipinski definition) is 0. The van der Waals surface area contributed by atoms with E-state index >= 15 is 0 Å². The molecule has 4 nitrogen and oxygen atoms in total. The second-order valence-corrected chi connectivity index (χ2v) is 6.58. The predicted molar refractivity (Wildman–Crippen MR) is 79.1 cm³/mol.